The fourth-order valence-electron chi connectivity index (χ4n) is 2.62. The van der Waals surface area contributed by atoms with Crippen molar-refractivity contribution in [2.24, 2.45) is 0 Å². The summed E-state index contributed by atoms with van der Waals surface area (Å²) in [7, 11) is 1.64. The van der Waals surface area contributed by atoms with Gasteiger partial charge in [0.05, 0.1) is 18.7 Å². The number of fused-ring (bicyclic) bond motifs is 1. The zero-order chi connectivity index (χ0) is 16.2. The number of H-pyrrole nitrogens is 1. The lowest BCUT2D eigenvalue weighted by atomic mass is 10.0. The number of ether oxygens (including phenoxy) is 1. The van der Waals surface area contributed by atoms with E-state index in [1.807, 2.05) is 55.5 Å². The maximum absolute atomic E-state index is 12.6. The minimum absolute atomic E-state index is 0.0659. The Morgan fingerprint density at radius 2 is 1.96 bits per heavy atom. The van der Waals surface area contributed by atoms with Gasteiger partial charge in [0, 0.05) is 5.39 Å². The molecule has 0 aliphatic carbocycles. The van der Waals surface area contributed by atoms with Gasteiger partial charge >= 0.3 is 0 Å². The Labute approximate surface area is 134 Å². The van der Waals surface area contributed by atoms with E-state index < -0.39 is 0 Å². The number of carbonyl (C=O) groups excluding carboxylic acids is 1. The summed E-state index contributed by atoms with van der Waals surface area (Å²) in [4.78, 5) is 12.6. The van der Waals surface area contributed by atoms with Gasteiger partial charge in [-0.25, -0.2) is 0 Å². The normalized spacial score (nSPS) is 12.1. The van der Waals surface area contributed by atoms with Crippen LogP contribution in [-0.4, -0.2) is 23.2 Å². The SMILES string of the molecule is CCC(NC(=O)c1n[nH]c2ccccc12)c1ccc(OC)cc1. The molecule has 0 spiro atoms. The lowest BCUT2D eigenvalue weighted by Gasteiger charge is -2.17. The molecule has 1 heterocycles. The molecule has 0 saturated heterocycles. The van der Waals surface area contributed by atoms with Crippen molar-refractivity contribution in [2.75, 3.05) is 7.11 Å². The van der Waals surface area contributed by atoms with Crippen LogP contribution in [0.3, 0.4) is 0 Å². The van der Waals surface area contributed by atoms with Crippen molar-refractivity contribution in [2.45, 2.75) is 19.4 Å². The van der Waals surface area contributed by atoms with Crippen LogP contribution in [0.2, 0.25) is 0 Å². The van der Waals surface area contributed by atoms with Gasteiger partial charge in [0.1, 0.15) is 5.75 Å². The summed E-state index contributed by atoms with van der Waals surface area (Å²) in [5.74, 6) is 0.623. The molecule has 2 aromatic carbocycles. The van der Waals surface area contributed by atoms with Crippen LogP contribution in [-0.2, 0) is 0 Å². The first-order valence-electron chi connectivity index (χ1n) is 7.61. The van der Waals surface area contributed by atoms with Crippen LogP contribution in [0.4, 0.5) is 0 Å². The second kappa shape index (κ2) is 6.52. The van der Waals surface area contributed by atoms with E-state index >= 15 is 0 Å². The predicted molar refractivity (Wildman–Crippen MR) is 89.6 cm³/mol. The van der Waals surface area contributed by atoms with E-state index in [4.69, 9.17) is 4.74 Å². The molecule has 2 N–H and O–H groups in total. The van der Waals surface area contributed by atoms with E-state index in [0.29, 0.717) is 5.69 Å². The fourth-order valence-corrected chi connectivity index (χ4v) is 2.62. The first-order chi connectivity index (χ1) is 11.2. The molecule has 23 heavy (non-hydrogen) atoms. The molecular weight excluding hydrogens is 290 g/mol. The number of nitrogens with zero attached hydrogens (tertiary/aromatic N) is 1. The van der Waals surface area contributed by atoms with Crippen LogP contribution >= 0.6 is 0 Å². The molecule has 5 heteroatoms. The lowest BCUT2D eigenvalue weighted by molar-refractivity contribution is 0.0932. The zero-order valence-electron chi connectivity index (χ0n) is 13.2. The van der Waals surface area contributed by atoms with Gasteiger partial charge in [0.15, 0.2) is 5.69 Å². The molecule has 0 fully saturated rings. The molecule has 1 aromatic heterocycles. The van der Waals surface area contributed by atoms with Crippen LogP contribution in [0, 0.1) is 0 Å². The van der Waals surface area contributed by atoms with Gasteiger partial charge in [-0.3, -0.25) is 9.89 Å². The van der Waals surface area contributed by atoms with Gasteiger partial charge in [0.25, 0.3) is 5.91 Å². The maximum atomic E-state index is 12.6. The number of benzene rings is 2. The summed E-state index contributed by atoms with van der Waals surface area (Å²) < 4.78 is 5.17. The number of hydrogen-bond acceptors (Lipinski definition) is 3. The summed E-state index contributed by atoms with van der Waals surface area (Å²) in [5, 5.41) is 10.9. The van der Waals surface area contributed by atoms with Gasteiger partial charge in [-0.15, -0.1) is 0 Å². The second-order valence-electron chi connectivity index (χ2n) is 5.33. The van der Waals surface area contributed by atoms with Gasteiger partial charge in [-0.1, -0.05) is 37.3 Å². The Bertz CT molecular complexity index is 809. The number of nitrogens with one attached hydrogen (secondary N) is 2. The van der Waals surface area contributed by atoms with Gasteiger partial charge in [-0.05, 0) is 30.2 Å². The van der Waals surface area contributed by atoms with E-state index in [1.54, 1.807) is 7.11 Å². The summed E-state index contributed by atoms with van der Waals surface area (Å²) in [6.45, 7) is 2.04. The molecule has 0 aliphatic rings. The number of para-hydroxylation sites is 1. The minimum atomic E-state index is -0.176. The molecule has 5 nitrogen and oxygen atoms in total. The Morgan fingerprint density at radius 1 is 1.22 bits per heavy atom. The molecule has 0 radical (unpaired) electrons. The Morgan fingerprint density at radius 3 is 2.65 bits per heavy atom. The molecule has 1 amide bonds. The van der Waals surface area contributed by atoms with Crippen molar-refractivity contribution < 1.29 is 9.53 Å². The summed E-state index contributed by atoms with van der Waals surface area (Å²) in [6.07, 6.45) is 0.792. The molecule has 1 atom stereocenters. The van der Waals surface area contributed by atoms with Crippen LogP contribution in [0.15, 0.2) is 48.5 Å². The van der Waals surface area contributed by atoms with Crippen molar-refractivity contribution in [1.82, 2.24) is 15.5 Å². The summed E-state index contributed by atoms with van der Waals surface area (Å²) in [6, 6.07) is 15.3. The molecule has 0 bridgehead atoms. The highest BCUT2D eigenvalue weighted by molar-refractivity contribution is 6.04. The Balaban J connectivity index is 1.81. The third kappa shape index (κ3) is 3.04. The van der Waals surface area contributed by atoms with Gasteiger partial charge in [-0.2, -0.15) is 5.10 Å². The first-order valence-corrected chi connectivity index (χ1v) is 7.61. The molecular formula is C18H19N3O2. The number of aromatic amines is 1. The monoisotopic (exact) mass is 309 g/mol. The van der Waals surface area contributed by atoms with Gasteiger partial charge < -0.3 is 10.1 Å². The van der Waals surface area contributed by atoms with E-state index in [9.17, 15) is 4.79 Å². The Kier molecular flexibility index (Phi) is 4.28. The van der Waals surface area contributed by atoms with Crippen LogP contribution in [0.25, 0.3) is 10.9 Å². The molecule has 1 unspecified atom stereocenters. The molecule has 0 saturated carbocycles. The first kappa shape index (κ1) is 15.1. The van der Waals surface area contributed by atoms with E-state index in [0.717, 1.165) is 28.6 Å². The fraction of sp³-hybridized carbons (Fsp3) is 0.222. The summed E-state index contributed by atoms with van der Waals surface area (Å²) >= 11 is 0. The minimum Gasteiger partial charge on any atom is -0.497 e. The predicted octanol–water partition coefficient (Wildman–Crippen LogP) is 3.45. The van der Waals surface area contributed by atoms with Crippen molar-refractivity contribution in [3.05, 3.63) is 59.8 Å². The van der Waals surface area contributed by atoms with E-state index in [1.165, 1.54) is 0 Å². The molecule has 0 aliphatic heterocycles. The standard InChI is InChI=1S/C18H19N3O2/c1-3-15(12-8-10-13(23-2)11-9-12)19-18(22)17-14-6-4-5-7-16(14)20-21-17/h4-11,15H,3H2,1-2H3,(H,19,22)(H,20,21). The van der Waals surface area contributed by atoms with Crippen LogP contribution in [0.5, 0.6) is 5.75 Å². The molecule has 3 rings (SSSR count). The average Bonchev–Trinajstić information content (AvgIpc) is 3.04. The number of hydrogen-bond donors (Lipinski definition) is 2. The van der Waals surface area contributed by atoms with Crippen molar-refractivity contribution >= 4 is 16.8 Å². The Hall–Kier alpha value is -2.82. The highest BCUT2D eigenvalue weighted by atomic mass is 16.5. The largest absolute Gasteiger partial charge is 0.497 e. The number of amides is 1. The van der Waals surface area contributed by atoms with Crippen molar-refractivity contribution in [3.8, 4) is 5.75 Å². The quantitative estimate of drug-likeness (QED) is 0.758. The molecule has 3 aromatic rings. The number of rotatable bonds is 5. The summed E-state index contributed by atoms with van der Waals surface area (Å²) in [5.41, 5.74) is 2.32. The third-order valence-electron chi connectivity index (χ3n) is 3.92. The van der Waals surface area contributed by atoms with Crippen molar-refractivity contribution in [1.29, 1.82) is 0 Å². The smallest absolute Gasteiger partial charge is 0.272 e. The maximum Gasteiger partial charge on any atom is 0.272 e. The van der Waals surface area contributed by atoms with Crippen molar-refractivity contribution in [3.63, 3.8) is 0 Å². The van der Waals surface area contributed by atoms with E-state index in [2.05, 4.69) is 15.5 Å². The van der Waals surface area contributed by atoms with Gasteiger partial charge in [0.2, 0.25) is 0 Å². The van der Waals surface area contributed by atoms with Crippen LogP contribution < -0.4 is 10.1 Å². The highest BCUT2D eigenvalue weighted by Gasteiger charge is 2.18. The number of aromatic nitrogens is 2. The average molecular weight is 309 g/mol. The zero-order valence-corrected chi connectivity index (χ0v) is 13.2. The second-order valence-corrected chi connectivity index (χ2v) is 5.33. The topological polar surface area (TPSA) is 67.0 Å². The number of carbonyl (C=O) groups is 1. The third-order valence-corrected chi connectivity index (χ3v) is 3.92. The van der Waals surface area contributed by atoms with E-state index in [-0.39, 0.29) is 11.9 Å². The molecule has 118 valence electrons. The van der Waals surface area contributed by atoms with Crippen LogP contribution in [0.1, 0.15) is 35.4 Å². The number of methoxy groups -OCH3 is 1. The highest BCUT2D eigenvalue weighted by Crippen LogP contribution is 2.21. The lowest BCUT2D eigenvalue weighted by Crippen LogP contribution is -2.28.